The number of para-hydroxylation sites is 3. The molecule has 0 amide bonds. The summed E-state index contributed by atoms with van der Waals surface area (Å²) in [5, 5.41) is 38.4. The van der Waals surface area contributed by atoms with Gasteiger partial charge >= 0.3 is 0 Å². The van der Waals surface area contributed by atoms with Gasteiger partial charge in [-0.2, -0.15) is 15.5 Å². The zero-order valence-electron chi connectivity index (χ0n) is 49.9. The fourth-order valence-electron chi connectivity index (χ4n) is 9.97. The van der Waals surface area contributed by atoms with Gasteiger partial charge in [0.1, 0.15) is 68.1 Å². The predicted molar refractivity (Wildman–Crippen MR) is 347 cm³/mol. The number of hydrogen-bond acceptors (Lipinski definition) is 16. The highest BCUT2D eigenvalue weighted by Crippen LogP contribution is 2.25. The first-order valence-electron chi connectivity index (χ1n) is 29.9. The third-order valence-electron chi connectivity index (χ3n) is 14.8. The first-order chi connectivity index (χ1) is 44.9. The van der Waals surface area contributed by atoms with Crippen LogP contribution in [-0.2, 0) is 52.3 Å². The average Bonchev–Trinajstić information content (AvgIpc) is 4.61. The Balaban J connectivity index is 0.000000132. The molecule has 0 radical (unpaired) electrons. The topological polar surface area (TPSA) is 235 Å². The van der Waals surface area contributed by atoms with Crippen molar-refractivity contribution in [3.63, 3.8) is 0 Å². The minimum absolute atomic E-state index is 0.411. The van der Waals surface area contributed by atoms with Crippen LogP contribution in [0.25, 0.3) is 44.1 Å². The maximum atomic E-state index is 5.99. The molecule has 1 atom stereocenters. The first kappa shape index (κ1) is 59.6. The van der Waals surface area contributed by atoms with Crippen LogP contribution in [0, 0.1) is 5.92 Å². The number of rotatable bonds is 23. The van der Waals surface area contributed by atoms with Gasteiger partial charge in [-0.05, 0) is 144 Å². The smallest absolute Gasteiger partial charge is 0.178 e. The van der Waals surface area contributed by atoms with Crippen molar-refractivity contribution in [2.75, 3.05) is 0 Å². The van der Waals surface area contributed by atoms with E-state index in [-0.39, 0.29) is 0 Å². The minimum atomic E-state index is 0.411. The van der Waals surface area contributed by atoms with E-state index in [2.05, 4.69) is 127 Å². The Kier molecular flexibility index (Phi) is 19.8. The number of ether oxygens (including phenoxy) is 5. The van der Waals surface area contributed by atoms with Gasteiger partial charge < -0.3 is 23.7 Å². The van der Waals surface area contributed by atoms with Crippen LogP contribution < -0.4 is 23.7 Å². The molecule has 14 rings (SSSR count). The second-order valence-corrected chi connectivity index (χ2v) is 21.5. The molecule has 19 heteroatoms. The van der Waals surface area contributed by atoms with Crippen molar-refractivity contribution in [2.24, 2.45) is 5.92 Å². The minimum Gasteiger partial charge on any atom is -0.489 e. The van der Waals surface area contributed by atoms with Gasteiger partial charge in [0.15, 0.2) is 17.5 Å². The van der Waals surface area contributed by atoms with E-state index in [1.165, 1.54) is 11.9 Å². The van der Waals surface area contributed by atoms with Crippen molar-refractivity contribution in [2.45, 2.75) is 65.6 Å². The number of pyridine rings is 3. The SMILES string of the molecule is CC(CCc1nn[nH]n1)Cc1ccc(OCc2ccc3ccccc3n2)cc1.c1cc(COc2ccc(OCc3ccc4ccccc4n3)cc2)cc(-c2ncn[nH]2)c1.c1ccc(Cc2nn[nH]n2)c(COc2ccc(OCc3ccc4ccccc4n3)cc2)c1. The van der Waals surface area contributed by atoms with E-state index < -0.39 is 0 Å². The van der Waals surface area contributed by atoms with Crippen LogP contribution in [0.2, 0.25) is 0 Å². The maximum absolute atomic E-state index is 5.99. The van der Waals surface area contributed by atoms with Crippen LogP contribution in [0.3, 0.4) is 0 Å². The second-order valence-electron chi connectivity index (χ2n) is 21.5. The number of aryl methyl sites for hydroxylation is 1. The molecule has 0 saturated carbocycles. The van der Waals surface area contributed by atoms with Crippen molar-refractivity contribution in [1.82, 2.24) is 71.4 Å². The normalized spacial score (nSPS) is 11.3. The molecule has 6 heterocycles. The first-order valence-corrected chi connectivity index (χ1v) is 29.9. The van der Waals surface area contributed by atoms with E-state index in [1.54, 1.807) is 0 Å². The number of H-pyrrole nitrogens is 3. The molecule has 0 aliphatic heterocycles. The maximum Gasteiger partial charge on any atom is 0.178 e. The number of nitrogens with one attached hydrogen (secondary N) is 3. The Hall–Kier alpha value is -11.7. The molecule has 0 aliphatic rings. The van der Waals surface area contributed by atoms with Gasteiger partial charge in [-0.15, -0.1) is 20.4 Å². The molecule has 0 spiro atoms. The van der Waals surface area contributed by atoms with Crippen LogP contribution in [-0.4, -0.2) is 71.4 Å². The lowest BCUT2D eigenvalue weighted by Gasteiger charge is -2.11. The summed E-state index contributed by atoms with van der Waals surface area (Å²) in [6.45, 7) is 4.45. The molecule has 19 nitrogen and oxygen atoms in total. The molecule has 0 fully saturated rings. The highest BCUT2D eigenvalue weighted by molar-refractivity contribution is 5.80. The summed E-state index contributed by atoms with van der Waals surface area (Å²) in [6, 6.07) is 76.1. The molecule has 0 aliphatic carbocycles. The number of hydrogen-bond donors (Lipinski definition) is 3. The van der Waals surface area contributed by atoms with Crippen LogP contribution in [0.4, 0.5) is 0 Å². The Morgan fingerprint density at radius 2 is 0.868 bits per heavy atom. The number of aromatic nitrogens is 14. The average molecular weight is 1210 g/mol. The molecule has 0 bridgehead atoms. The van der Waals surface area contributed by atoms with Crippen molar-refractivity contribution in [1.29, 1.82) is 0 Å². The summed E-state index contributed by atoms with van der Waals surface area (Å²) >= 11 is 0. The highest BCUT2D eigenvalue weighted by atomic mass is 16.5. The van der Waals surface area contributed by atoms with Gasteiger partial charge in [0, 0.05) is 34.6 Å². The molecule has 3 N–H and O–H groups in total. The van der Waals surface area contributed by atoms with Gasteiger partial charge in [-0.3, -0.25) is 5.10 Å². The van der Waals surface area contributed by atoms with Crippen LogP contribution >= 0.6 is 0 Å². The summed E-state index contributed by atoms with van der Waals surface area (Å²) in [4.78, 5) is 18.1. The molecule has 14 aromatic rings. The van der Waals surface area contributed by atoms with E-state index in [0.717, 1.165) is 132 Å². The summed E-state index contributed by atoms with van der Waals surface area (Å²) in [6.07, 6.45) is 5.00. The van der Waals surface area contributed by atoms with Gasteiger partial charge in [-0.1, -0.05) is 145 Å². The van der Waals surface area contributed by atoms with Crippen molar-refractivity contribution in [3.05, 3.63) is 288 Å². The van der Waals surface area contributed by atoms with Crippen molar-refractivity contribution >= 4 is 32.7 Å². The number of fused-ring (bicyclic) bond motifs is 3. The monoisotopic (exact) mass is 1200 g/mol. The van der Waals surface area contributed by atoms with E-state index in [9.17, 15) is 0 Å². The molecule has 1 unspecified atom stereocenters. The summed E-state index contributed by atoms with van der Waals surface area (Å²) in [5.41, 5.74) is 11.2. The number of benzene rings is 8. The van der Waals surface area contributed by atoms with Gasteiger partial charge in [0.05, 0.1) is 33.6 Å². The second kappa shape index (κ2) is 30.3. The number of nitrogens with zero attached hydrogens (tertiary/aromatic N) is 11. The molecule has 0 saturated heterocycles. The van der Waals surface area contributed by atoms with Gasteiger partial charge in [-0.25, -0.2) is 19.9 Å². The van der Waals surface area contributed by atoms with Crippen molar-refractivity contribution in [3.8, 4) is 40.1 Å². The Labute approximate surface area is 524 Å². The van der Waals surface area contributed by atoms with Crippen LogP contribution in [0.5, 0.6) is 28.7 Å². The van der Waals surface area contributed by atoms with E-state index >= 15 is 0 Å². The Morgan fingerprint density at radius 3 is 1.36 bits per heavy atom. The van der Waals surface area contributed by atoms with E-state index in [1.807, 2.05) is 182 Å². The fourth-order valence-corrected chi connectivity index (χ4v) is 9.97. The van der Waals surface area contributed by atoms with Crippen molar-refractivity contribution < 1.29 is 23.7 Å². The van der Waals surface area contributed by atoms with Gasteiger partial charge in [0.25, 0.3) is 0 Å². The lowest BCUT2D eigenvalue weighted by molar-refractivity contribution is 0.294. The predicted octanol–water partition coefficient (Wildman–Crippen LogP) is 13.8. The largest absolute Gasteiger partial charge is 0.489 e. The molecule has 8 aromatic carbocycles. The lowest BCUT2D eigenvalue weighted by atomic mass is 9.96. The summed E-state index contributed by atoms with van der Waals surface area (Å²) in [5.74, 6) is 6.67. The molecule has 6 aromatic heterocycles. The van der Waals surface area contributed by atoms with E-state index in [0.29, 0.717) is 51.2 Å². The van der Waals surface area contributed by atoms with E-state index in [4.69, 9.17) is 23.7 Å². The standard InChI is InChI=1S/C25H21N5O2.C25H20N4O2.C22H23N5O/c1-2-7-20(19(6-1)15-25-27-29-30-28-25)16-31-22-11-13-23(14-12-22)32-17-21-10-9-18-5-3-4-8-24(18)26-21;1-2-7-24-19(5-1)8-9-21(28-24)16-31-23-12-10-22(11-13-23)30-15-18-4-3-6-20(14-18)25-26-17-27-29-25;1-16(6-13-22-24-26-27-25-22)14-17-7-11-20(12-8-17)28-15-19-10-9-18-4-2-3-5-21(18)23-19/h1-14H,15-17H2,(H,27,28,29,30);1-14,17H,15-16H2,(H,26,27,29);2-5,7-12,16H,6,13-15H2,1H3,(H,24,25,26,27). The third kappa shape index (κ3) is 17.3. The van der Waals surface area contributed by atoms with Crippen LogP contribution in [0.15, 0.2) is 237 Å². The highest BCUT2D eigenvalue weighted by Gasteiger charge is 2.11. The van der Waals surface area contributed by atoms with Gasteiger partial charge in [0.2, 0.25) is 0 Å². The van der Waals surface area contributed by atoms with Crippen LogP contribution in [0.1, 0.15) is 64.3 Å². The lowest BCUT2D eigenvalue weighted by Crippen LogP contribution is -2.03. The quantitative estimate of drug-likeness (QED) is 0.0540. The zero-order chi connectivity index (χ0) is 61.7. The number of tetrazole rings is 2. The molecule has 91 heavy (non-hydrogen) atoms. The molecular weight excluding hydrogens is 1140 g/mol. The molecule has 452 valence electrons. The Morgan fingerprint density at radius 1 is 0.407 bits per heavy atom. The summed E-state index contributed by atoms with van der Waals surface area (Å²) < 4.78 is 29.6. The molecular formula is C72H64N14O5. The number of aromatic amines is 3. The summed E-state index contributed by atoms with van der Waals surface area (Å²) in [7, 11) is 0. The Bertz CT molecular complexity index is 4520. The third-order valence-corrected chi connectivity index (χ3v) is 14.8. The fraction of sp³-hybridized carbons (Fsp3) is 0.153. The zero-order valence-corrected chi connectivity index (χ0v) is 49.9.